The summed E-state index contributed by atoms with van der Waals surface area (Å²) in [7, 11) is 0. The van der Waals surface area contributed by atoms with E-state index in [-0.39, 0.29) is 17.5 Å². The van der Waals surface area contributed by atoms with Crippen molar-refractivity contribution in [3.63, 3.8) is 0 Å². The SMILES string of the molecule is O=C(NCCCN1CCN(c2ncccn2)CC1)c1ccc(-c2ccc(F)cc2)o1. The lowest BCUT2D eigenvalue weighted by Crippen LogP contribution is -2.47. The van der Waals surface area contributed by atoms with Crippen molar-refractivity contribution in [2.45, 2.75) is 6.42 Å². The average Bonchev–Trinajstić information content (AvgIpc) is 3.28. The number of carbonyl (C=O) groups is 1. The summed E-state index contributed by atoms with van der Waals surface area (Å²) >= 11 is 0. The van der Waals surface area contributed by atoms with Crippen molar-refractivity contribution in [2.75, 3.05) is 44.2 Å². The van der Waals surface area contributed by atoms with E-state index in [2.05, 4.69) is 25.1 Å². The molecule has 0 unspecified atom stereocenters. The molecule has 0 spiro atoms. The highest BCUT2D eigenvalue weighted by Gasteiger charge is 2.18. The number of hydrogen-bond donors (Lipinski definition) is 1. The van der Waals surface area contributed by atoms with Gasteiger partial charge in [0.25, 0.3) is 5.91 Å². The molecule has 0 radical (unpaired) electrons. The van der Waals surface area contributed by atoms with Gasteiger partial charge in [0.05, 0.1) is 0 Å². The number of carbonyl (C=O) groups excluding carboxylic acids is 1. The van der Waals surface area contributed by atoms with Crippen LogP contribution in [0.25, 0.3) is 11.3 Å². The molecule has 1 amide bonds. The van der Waals surface area contributed by atoms with E-state index in [1.165, 1.54) is 12.1 Å². The molecular formula is C22H24FN5O2. The zero-order valence-corrected chi connectivity index (χ0v) is 16.6. The quantitative estimate of drug-likeness (QED) is 0.605. The molecule has 4 rings (SSSR count). The number of aromatic nitrogens is 2. The number of amides is 1. The molecular weight excluding hydrogens is 385 g/mol. The Balaban J connectivity index is 1.17. The number of nitrogens with one attached hydrogen (secondary N) is 1. The van der Waals surface area contributed by atoms with Gasteiger partial charge in [0, 0.05) is 50.7 Å². The Morgan fingerprint density at radius 1 is 1.03 bits per heavy atom. The molecule has 1 N–H and O–H groups in total. The first-order chi connectivity index (χ1) is 14.7. The zero-order chi connectivity index (χ0) is 20.8. The molecule has 1 fully saturated rings. The van der Waals surface area contributed by atoms with Gasteiger partial charge >= 0.3 is 0 Å². The minimum absolute atomic E-state index is 0.241. The van der Waals surface area contributed by atoms with Gasteiger partial charge < -0.3 is 14.6 Å². The maximum absolute atomic E-state index is 13.0. The number of anilines is 1. The average molecular weight is 409 g/mol. The fourth-order valence-electron chi connectivity index (χ4n) is 3.45. The van der Waals surface area contributed by atoms with E-state index >= 15 is 0 Å². The number of hydrogen-bond acceptors (Lipinski definition) is 6. The van der Waals surface area contributed by atoms with Crippen LogP contribution in [0.15, 0.2) is 59.3 Å². The Morgan fingerprint density at radius 3 is 2.50 bits per heavy atom. The molecule has 1 saturated heterocycles. The Bertz CT molecular complexity index is 953. The number of furan rings is 1. The summed E-state index contributed by atoms with van der Waals surface area (Å²) in [5.74, 6) is 1.03. The van der Waals surface area contributed by atoms with Crippen molar-refractivity contribution < 1.29 is 13.6 Å². The molecule has 8 heteroatoms. The summed E-state index contributed by atoms with van der Waals surface area (Å²) in [4.78, 5) is 25.5. The third kappa shape index (κ3) is 5.01. The van der Waals surface area contributed by atoms with Crippen molar-refractivity contribution in [1.82, 2.24) is 20.2 Å². The standard InChI is InChI=1S/C22H24FN5O2/c23-18-5-3-17(4-6-18)19-7-8-20(30-19)21(29)24-11-2-12-27-13-15-28(16-14-27)22-25-9-1-10-26-22/h1,3-10H,2,11-16H2,(H,24,29). The third-order valence-electron chi connectivity index (χ3n) is 5.10. The molecule has 0 bridgehead atoms. The molecule has 0 aliphatic carbocycles. The van der Waals surface area contributed by atoms with Crippen molar-refractivity contribution in [2.24, 2.45) is 0 Å². The highest BCUT2D eigenvalue weighted by Crippen LogP contribution is 2.22. The predicted molar refractivity (Wildman–Crippen MR) is 112 cm³/mol. The van der Waals surface area contributed by atoms with Crippen LogP contribution in [0.5, 0.6) is 0 Å². The second kappa shape index (κ2) is 9.49. The minimum Gasteiger partial charge on any atom is -0.451 e. The van der Waals surface area contributed by atoms with E-state index in [1.807, 2.05) is 6.07 Å². The van der Waals surface area contributed by atoms with Gasteiger partial charge in [-0.25, -0.2) is 14.4 Å². The van der Waals surface area contributed by atoms with Crippen molar-refractivity contribution in [3.05, 3.63) is 66.4 Å². The van der Waals surface area contributed by atoms with Crippen LogP contribution in [0.1, 0.15) is 17.0 Å². The lowest BCUT2D eigenvalue weighted by molar-refractivity contribution is 0.0924. The number of benzene rings is 1. The maximum Gasteiger partial charge on any atom is 0.287 e. The van der Waals surface area contributed by atoms with Gasteiger partial charge in [-0.15, -0.1) is 0 Å². The van der Waals surface area contributed by atoms with Crippen LogP contribution in [0, 0.1) is 5.82 Å². The van der Waals surface area contributed by atoms with Crippen LogP contribution in [-0.2, 0) is 0 Å². The van der Waals surface area contributed by atoms with Crippen molar-refractivity contribution >= 4 is 11.9 Å². The number of nitrogens with zero attached hydrogens (tertiary/aromatic N) is 4. The third-order valence-corrected chi connectivity index (χ3v) is 5.10. The van der Waals surface area contributed by atoms with Crippen LogP contribution in [-0.4, -0.2) is 60.0 Å². The van der Waals surface area contributed by atoms with Gasteiger partial charge in [0.15, 0.2) is 5.76 Å². The van der Waals surface area contributed by atoms with Crippen molar-refractivity contribution in [1.29, 1.82) is 0 Å². The first-order valence-electron chi connectivity index (χ1n) is 10.1. The molecule has 1 aliphatic rings. The molecule has 3 heterocycles. The summed E-state index contributed by atoms with van der Waals surface area (Å²) in [5.41, 5.74) is 0.732. The van der Waals surface area contributed by atoms with Crippen molar-refractivity contribution in [3.8, 4) is 11.3 Å². The Kier molecular flexibility index (Phi) is 6.34. The number of rotatable bonds is 7. The van der Waals surface area contributed by atoms with E-state index in [9.17, 15) is 9.18 Å². The first kappa shape index (κ1) is 20.0. The maximum atomic E-state index is 13.0. The normalized spacial score (nSPS) is 14.6. The summed E-state index contributed by atoms with van der Waals surface area (Å²) in [6.07, 6.45) is 4.39. The Morgan fingerprint density at radius 2 is 1.77 bits per heavy atom. The van der Waals surface area contributed by atoms with Gasteiger partial charge in [-0.2, -0.15) is 0 Å². The summed E-state index contributed by atoms with van der Waals surface area (Å²) in [5, 5.41) is 2.90. The molecule has 7 nitrogen and oxygen atoms in total. The van der Waals surface area contributed by atoms with Gasteiger partial charge in [0.1, 0.15) is 11.6 Å². The molecule has 1 aliphatic heterocycles. The van der Waals surface area contributed by atoms with E-state index < -0.39 is 0 Å². The Hall–Kier alpha value is -3.26. The fraction of sp³-hybridized carbons (Fsp3) is 0.318. The molecule has 0 atom stereocenters. The van der Waals surface area contributed by atoms with E-state index in [4.69, 9.17) is 4.42 Å². The molecule has 2 aromatic heterocycles. The van der Waals surface area contributed by atoms with Gasteiger partial charge in [-0.1, -0.05) is 0 Å². The largest absolute Gasteiger partial charge is 0.451 e. The second-order valence-electron chi connectivity index (χ2n) is 7.16. The summed E-state index contributed by atoms with van der Waals surface area (Å²) in [6, 6.07) is 11.2. The van der Waals surface area contributed by atoms with Crippen LogP contribution in [0.3, 0.4) is 0 Å². The number of piperazine rings is 1. The second-order valence-corrected chi connectivity index (χ2v) is 7.16. The zero-order valence-electron chi connectivity index (χ0n) is 16.6. The highest BCUT2D eigenvalue weighted by atomic mass is 19.1. The van der Waals surface area contributed by atoms with E-state index in [1.54, 1.807) is 36.7 Å². The van der Waals surface area contributed by atoms with Gasteiger partial charge in [0.2, 0.25) is 5.95 Å². The predicted octanol–water partition coefficient (Wildman–Crippen LogP) is 2.82. The number of halogens is 1. The van der Waals surface area contributed by atoms with Crippen LogP contribution < -0.4 is 10.2 Å². The fourth-order valence-corrected chi connectivity index (χ4v) is 3.45. The van der Waals surface area contributed by atoms with E-state index in [0.717, 1.165) is 50.7 Å². The van der Waals surface area contributed by atoms with Gasteiger partial charge in [-0.3, -0.25) is 9.69 Å². The monoisotopic (exact) mass is 409 g/mol. The van der Waals surface area contributed by atoms with E-state index in [0.29, 0.717) is 12.3 Å². The molecule has 0 saturated carbocycles. The molecule has 3 aromatic rings. The summed E-state index contributed by atoms with van der Waals surface area (Å²) in [6.45, 7) is 5.19. The molecule has 30 heavy (non-hydrogen) atoms. The highest BCUT2D eigenvalue weighted by molar-refractivity contribution is 5.92. The summed E-state index contributed by atoms with van der Waals surface area (Å²) < 4.78 is 18.6. The Labute approximate surface area is 174 Å². The smallest absolute Gasteiger partial charge is 0.287 e. The minimum atomic E-state index is -0.307. The van der Waals surface area contributed by atoms with Crippen LogP contribution in [0.2, 0.25) is 0 Å². The van der Waals surface area contributed by atoms with Crippen LogP contribution in [0.4, 0.5) is 10.3 Å². The lowest BCUT2D eigenvalue weighted by Gasteiger charge is -2.34. The lowest BCUT2D eigenvalue weighted by atomic mass is 10.2. The molecule has 156 valence electrons. The van der Waals surface area contributed by atoms with Gasteiger partial charge in [-0.05, 0) is 55.4 Å². The first-order valence-corrected chi connectivity index (χ1v) is 10.1. The molecule has 1 aromatic carbocycles. The topological polar surface area (TPSA) is 74.5 Å². The van der Waals surface area contributed by atoms with Crippen LogP contribution >= 0.6 is 0 Å².